The van der Waals surface area contributed by atoms with E-state index in [0.29, 0.717) is 17.7 Å². The fourth-order valence-corrected chi connectivity index (χ4v) is 5.58. The van der Waals surface area contributed by atoms with Crippen molar-refractivity contribution in [2.45, 2.75) is 43.8 Å². The molecular weight excluding hydrogens is 557 g/mol. The van der Waals surface area contributed by atoms with Gasteiger partial charge in [-0.1, -0.05) is 50.3 Å². The van der Waals surface area contributed by atoms with Crippen molar-refractivity contribution in [3.8, 4) is 5.69 Å². The maximum absolute atomic E-state index is 13.7. The summed E-state index contributed by atoms with van der Waals surface area (Å²) in [5, 5.41) is 2.74. The van der Waals surface area contributed by atoms with E-state index in [1.807, 2.05) is 6.92 Å². The summed E-state index contributed by atoms with van der Waals surface area (Å²) in [5.41, 5.74) is -0.723. The molecule has 0 radical (unpaired) electrons. The molecule has 1 amide bonds. The minimum Gasteiger partial charge on any atom is -0.494 e. The van der Waals surface area contributed by atoms with Crippen LogP contribution in [0.1, 0.15) is 64.1 Å². The van der Waals surface area contributed by atoms with E-state index in [0.717, 1.165) is 35.8 Å². The Labute approximate surface area is 235 Å². The summed E-state index contributed by atoms with van der Waals surface area (Å²) in [7, 11) is -3.54. The highest BCUT2D eigenvalue weighted by Gasteiger charge is 2.31. The van der Waals surface area contributed by atoms with Gasteiger partial charge in [-0.25, -0.2) is 8.42 Å². The second kappa shape index (κ2) is 11.4. The molecule has 0 spiro atoms. The SMILES string of the molecule is C=C(OCCCC)c1cc(C(=O)NC2C=Cc3c2cccc3S(C)(=O)=O)c(=O)n(-c2cccc(C(F)(F)F)c2)c1C. The maximum atomic E-state index is 13.7. The quantitative estimate of drug-likeness (QED) is 0.251. The number of rotatable bonds is 9. The van der Waals surface area contributed by atoms with E-state index in [9.17, 15) is 31.2 Å². The number of sulfone groups is 1. The Hall–Kier alpha value is -4.12. The van der Waals surface area contributed by atoms with E-state index in [-0.39, 0.29) is 33.2 Å². The number of alkyl halides is 3. The van der Waals surface area contributed by atoms with Crippen LogP contribution < -0.4 is 10.9 Å². The molecule has 216 valence electrons. The van der Waals surface area contributed by atoms with Gasteiger partial charge < -0.3 is 10.1 Å². The minimum absolute atomic E-state index is 0.0801. The van der Waals surface area contributed by atoms with Crippen molar-refractivity contribution in [2.24, 2.45) is 0 Å². The second-order valence-corrected chi connectivity index (χ2v) is 11.7. The smallest absolute Gasteiger partial charge is 0.416 e. The number of halogens is 3. The van der Waals surface area contributed by atoms with Crippen molar-refractivity contribution in [2.75, 3.05) is 12.9 Å². The van der Waals surface area contributed by atoms with Crippen LogP contribution in [0.3, 0.4) is 0 Å². The average Bonchev–Trinajstić information content (AvgIpc) is 3.30. The molecule has 11 heteroatoms. The van der Waals surface area contributed by atoms with E-state index < -0.39 is 39.1 Å². The largest absolute Gasteiger partial charge is 0.494 e. The fraction of sp³-hybridized carbons (Fsp3) is 0.267. The molecule has 0 bridgehead atoms. The second-order valence-electron chi connectivity index (χ2n) is 9.71. The van der Waals surface area contributed by atoms with Gasteiger partial charge in [-0.3, -0.25) is 14.2 Å². The molecule has 0 saturated heterocycles. The van der Waals surface area contributed by atoms with E-state index in [4.69, 9.17) is 4.74 Å². The molecule has 41 heavy (non-hydrogen) atoms. The summed E-state index contributed by atoms with van der Waals surface area (Å²) in [4.78, 5) is 27.3. The van der Waals surface area contributed by atoms with Crippen molar-refractivity contribution in [1.82, 2.24) is 9.88 Å². The molecule has 0 saturated carbocycles. The summed E-state index contributed by atoms with van der Waals surface area (Å²) >= 11 is 0. The molecule has 1 aliphatic rings. The summed E-state index contributed by atoms with van der Waals surface area (Å²) in [5.74, 6) is -0.639. The molecule has 1 heterocycles. The van der Waals surface area contributed by atoms with Crippen molar-refractivity contribution < 1.29 is 31.1 Å². The van der Waals surface area contributed by atoms with Crippen molar-refractivity contribution in [3.63, 3.8) is 0 Å². The number of hydrogen-bond donors (Lipinski definition) is 1. The fourth-order valence-electron chi connectivity index (χ4n) is 4.67. The van der Waals surface area contributed by atoms with Crippen LogP contribution in [0.15, 0.2) is 70.9 Å². The highest BCUT2D eigenvalue weighted by atomic mass is 32.2. The Bertz CT molecular complexity index is 1720. The molecule has 1 aliphatic carbocycles. The Morgan fingerprint density at radius 1 is 1.12 bits per heavy atom. The lowest BCUT2D eigenvalue weighted by Crippen LogP contribution is -2.35. The number of nitrogens with zero attached hydrogens (tertiary/aromatic N) is 1. The predicted molar refractivity (Wildman–Crippen MR) is 150 cm³/mol. The number of unbranched alkanes of at least 4 members (excludes halogenated alkanes) is 1. The maximum Gasteiger partial charge on any atom is 0.416 e. The van der Waals surface area contributed by atoms with Gasteiger partial charge in [-0.05, 0) is 54.8 Å². The van der Waals surface area contributed by atoms with Gasteiger partial charge in [0.25, 0.3) is 11.5 Å². The summed E-state index contributed by atoms with van der Waals surface area (Å²) < 4.78 is 71.7. The highest BCUT2D eigenvalue weighted by molar-refractivity contribution is 7.90. The first-order valence-corrected chi connectivity index (χ1v) is 14.7. The molecule has 2 aromatic carbocycles. The number of aromatic nitrogens is 1. The summed E-state index contributed by atoms with van der Waals surface area (Å²) in [6.45, 7) is 7.76. The number of ether oxygens (including phenoxy) is 1. The molecule has 0 fully saturated rings. The lowest BCUT2D eigenvalue weighted by molar-refractivity contribution is -0.137. The normalized spacial score (nSPS) is 14.5. The zero-order valence-electron chi connectivity index (χ0n) is 22.7. The van der Waals surface area contributed by atoms with Gasteiger partial charge in [-0.2, -0.15) is 13.2 Å². The number of carbonyl (C=O) groups is 1. The number of benzene rings is 2. The van der Waals surface area contributed by atoms with Crippen molar-refractivity contribution in [1.29, 1.82) is 0 Å². The molecule has 7 nitrogen and oxygen atoms in total. The van der Waals surface area contributed by atoms with E-state index in [1.54, 1.807) is 24.3 Å². The van der Waals surface area contributed by atoms with Gasteiger partial charge in [0.1, 0.15) is 11.3 Å². The van der Waals surface area contributed by atoms with Crippen LogP contribution in [0.5, 0.6) is 0 Å². The Kier molecular flexibility index (Phi) is 8.30. The standard InChI is InChI=1S/C30H29F3N2O5S/c1-5-6-15-40-19(3)24-17-25(29(37)35(18(24)2)21-10-7-9-20(16-21)30(31,32)33)28(36)34-26-14-13-23-22(26)11-8-12-27(23)41(4,38)39/h7-14,16-17,26H,3,5-6,15H2,1-2,4H3,(H,34,36). The first-order valence-electron chi connectivity index (χ1n) is 12.8. The Balaban J connectivity index is 1.81. The van der Waals surface area contributed by atoms with E-state index >= 15 is 0 Å². The van der Waals surface area contributed by atoms with Gasteiger partial charge in [-0.15, -0.1) is 0 Å². The van der Waals surface area contributed by atoms with E-state index in [2.05, 4.69) is 11.9 Å². The van der Waals surface area contributed by atoms with Crippen LogP contribution in [0.4, 0.5) is 13.2 Å². The molecule has 1 unspecified atom stereocenters. The third-order valence-corrected chi connectivity index (χ3v) is 7.93. The zero-order valence-corrected chi connectivity index (χ0v) is 23.5. The minimum atomic E-state index is -4.65. The van der Waals surface area contributed by atoms with Crippen LogP contribution in [0, 0.1) is 6.92 Å². The average molecular weight is 587 g/mol. The highest BCUT2D eigenvalue weighted by Crippen LogP contribution is 2.34. The number of hydrogen-bond acceptors (Lipinski definition) is 5. The number of amides is 1. The van der Waals surface area contributed by atoms with Crippen LogP contribution in [0.2, 0.25) is 0 Å². The lowest BCUT2D eigenvalue weighted by Gasteiger charge is -2.20. The molecule has 3 aromatic rings. The van der Waals surface area contributed by atoms with Crippen LogP contribution >= 0.6 is 0 Å². The predicted octanol–water partition coefficient (Wildman–Crippen LogP) is 5.85. The van der Waals surface area contributed by atoms with Gasteiger partial charge in [0.15, 0.2) is 9.84 Å². The van der Waals surface area contributed by atoms with Gasteiger partial charge >= 0.3 is 6.18 Å². The van der Waals surface area contributed by atoms with Gasteiger partial charge in [0, 0.05) is 23.2 Å². The number of carbonyl (C=O) groups excluding carboxylic acids is 1. The van der Waals surface area contributed by atoms with Crippen molar-refractivity contribution in [3.05, 3.63) is 105 Å². The first kappa shape index (κ1) is 29.9. The monoisotopic (exact) mass is 586 g/mol. The van der Waals surface area contributed by atoms with E-state index in [1.165, 1.54) is 31.2 Å². The number of nitrogens with one attached hydrogen (secondary N) is 1. The molecule has 1 N–H and O–H groups in total. The van der Waals surface area contributed by atoms with Gasteiger partial charge in [0.2, 0.25) is 0 Å². The van der Waals surface area contributed by atoms with Crippen molar-refractivity contribution >= 4 is 27.6 Å². The third kappa shape index (κ3) is 6.14. The number of fused-ring (bicyclic) bond motifs is 1. The Morgan fingerprint density at radius 3 is 2.49 bits per heavy atom. The lowest BCUT2D eigenvalue weighted by atomic mass is 10.0. The summed E-state index contributed by atoms with van der Waals surface area (Å²) in [6, 6.07) is 9.52. The van der Waals surface area contributed by atoms with Crippen LogP contribution in [-0.2, 0) is 20.8 Å². The molecular formula is C30H29F3N2O5S. The molecule has 0 aliphatic heterocycles. The number of pyridine rings is 1. The first-order chi connectivity index (χ1) is 19.2. The third-order valence-electron chi connectivity index (χ3n) is 6.77. The zero-order chi connectivity index (χ0) is 30.1. The van der Waals surface area contributed by atoms with Crippen LogP contribution in [-0.4, -0.2) is 31.8 Å². The van der Waals surface area contributed by atoms with Crippen LogP contribution in [0.25, 0.3) is 17.5 Å². The van der Waals surface area contributed by atoms with Gasteiger partial charge in [0.05, 0.1) is 23.1 Å². The molecule has 4 rings (SSSR count). The topological polar surface area (TPSA) is 94.5 Å². The summed E-state index contributed by atoms with van der Waals surface area (Å²) in [6.07, 6.45) is 1.20. The Morgan fingerprint density at radius 2 is 1.83 bits per heavy atom. The molecule has 1 atom stereocenters. The molecule has 1 aromatic heterocycles.